The van der Waals surface area contributed by atoms with E-state index in [0.717, 1.165) is 70.6 Å². The van der Waals surface area contributed by atoms with Crippen LogP contribution < -0.4 is 15.5 Å². The van der Waals surface area contributed by atoms with Crippen LogP contribution in [0.5, 0.6) is 0 Å². The van der Waals surface area contributed by atoms with Crippen molar-refractivity contribution >= 4 is 11.8 Å². The molecule has 0 saturated carbocycles. The molecular weight excluding hydrogens is 328 g/mol. The zero-order valence-electron chi connectivity index (χ0n) is 16.5. The van der Waals surface area contributed by atoms with Gasteiger partial charge in [0.25, 0.3) is 0 Å². The van der Waals surface area contributed by atoms with Crippen LogP contribution in [0.15, 0.2) is 23.3 Å². The third-order valence-electron chi connectivity index (χ3n) is 4.54. The number of aromatic nitrogens is 1. The number of ether oxygens (including phenoxy) is 1. The van der Waals surface area contributed by atoms with Gasteiger partial charge < -0.3 is 25.2 Å². The molecule has 7 nitrogen and oxygen atoms in total. The van der Waals surface area contributed by atoms with Crippen molar-refractivity contribution in [3.63, 3.8) is 0 Å². The Balaban J connectivity index is 1.91. The quantitative estimate of drug-likeness (QED) is 0.392. The molecule has 2 heterocycles. The van der Waals surface area contributed by atoms with Crippen LogP contribution in [0.25, 0.3) is 0 Å². The highest BCUT2D eigenvalue weighted by molar-refractivity contribution is 5.79. The molecule has 0 radical (unpaired) electrons. The van der Waals surface area contributed by atoms with Crippen LogP contribution in [-0.4, -0.2) is 75.4 Å². The molecule has 26 heavy (non-hydrogen) atoms. The van der Waals surface area contributed by atoms with E-state index in [1.807, 2.05) is 12.3 Å². The zero-order valence-corrected chi connectivity index (χ0v) is 16.5. The molecule has 1 fully saturated rings. The summed E-state index contributed by atoms with van der Waals surface area (Å²) in [4.78, 5) is 14.1. The van der Waals surface area contributed by atoms with Crippen molar-refractivity contribution in [1.82, 2.24) is 20.5 Å². The fourth-order valence-electron chi connectivity index (χ4n) is 2.96. The fraction of sp³-hybridized carbons (Fsp3) is 0.684. The molecule has 0 unspecified atom stereocenters. The van der Waals surface area contributed by atoms with Gasteiger partial charge in [0.1, 0.15) is 5.82 Å². The molecule has 0 amide bonds. The second-order valence-electron chi connectivity index (χ2n) is 6.41. The van der Waals surface area contributed by atoms with Gasteiger partial charge in [-0.1, -0.05) is 6.92 Å². The average molecular weight is 363 g/mol. The summed E-state index contributed by atoms with van der Waals surface area (Å²) in [7, 11) is 1.72. The number of anilines is 1. The molecule has 146 valence electrons. The second kappa shape index (κ2) is 11.7. The standard InChI is InChI=1S/C19H34N6O/c1-4-20-19(22-8-6-14-26-3)23-16-17-7-9-21-18(15-17)25-12-10-24(5-2)11-13-25/h7,9,15H,4-6,8,10-14,16H2,1-3H3,(H2,20,22,23). The Kier molecular flexibility index (Phi) is 9.20. The summed E-state index contributed by atoms with van der Waals surface area (Å²) in [5.41, 5.74) is 1.18. The van der Waals surface area contributed by atoms with Crippen molar-refractivity contribution in [2.24, 2.45) is 4.99 Å². The molecule has 7 heteroatoms. The predicted molar refractivity (Wildman–Crippen MR) is 108 cm³/mol. The molecule has 0 bridgehead atoms. The summed E-state index contributed by atoms with van der Waals surface area (Å²) in [6, 6.07) is 4.21. The van der Waals surface area contributed by atoms with Crippen molar-refractivity contribution < 1.29 is 4.74 Å². The van der Waals surface area contributed by atoms with Gasteiger partial charge in [-0.3, -0.25) is 0 Å². The molecule has 1 saturated heterocycles. The van der Waals surface area contributed by atoms with Crippen LogP contribution in [0.3, 0.4) is 0 Å². The summed E-state index contributed by atoms with van der Waals surface area (Å²) in [5.74, 6) is 1.91. The minimum absolute atomic E-state index is 0.643. The Bertz CT molecular complexity index is 543. The Morgan fingerprint density at radius 3 is 2.73 bits per heavy atom. The normalized spacial score (nSPS) is 16.0. The second-order valence-corrected chi connectivity index (χ2v) is 6.41. The fourth-order valence-corrected chi connectivity index (χ4v) is 2.96. The van der Waals surface area contributed by atoms with Gasteiger partial charge in [-0.2, -0.15) is 0 Å². The van der Waals surface area contributed by atoms with E-state index in [9.17, 15) is 0 Å². The largest absolute Gasteiger partial charge is 0.385 e. The van der Waals surface area contributed by atoms with E-state index in [1.165, 1.54) is 5.56 Å². The van der Waals surface area contributed by atoms with Gasteiger partial charge in [0.05, 0.1) is 6.54 Å². The first-order chi connectivity index (χ1) is 12.8. The van der Waals surface area contributed by atoms with Crippen LogP contribution in [0.1, 0.15) is 25.8 Å². The van der Waals surface area contributed by atoms with Crippen LogP contribution in [0.2, 0.25) is 0 Å². The van der Waals surface area contributed by atoms with Gasteiger partial charge in [0.15, 0.2) is 5.96 Å². The van der Waals surface area contributed by atoms with Gasteiger partial charge >= 0.3 is 0 Å². The number of likely N-dealkylation sites (N-methyl/N-ethyl adjacent to an activating group) is 1. The third kappa shape index (κ3) is 6.80. The SMILES string of the molecule is CCNC(=NCc1ccnc(N2CCN(CC)CC2)c1)NCCCOC. The number of guanidine groups is 1. The molecule has 0 spiro atoms. The number of methoxy groups -OCH3 is 1. The lowest BCUT2D eigenvalue weighted by atomic mass is 10.2. The van der Waals surface area contributed by atoms with Crippen LogP contribution in [0, 0.1) is 0 Å². The molecule has 1 aromatic rings. The van der Waals surface area contributed by atoms with Crippen LogP contribution in [-0.2, 0) is 11.3 Å². The van der Waals surface area contributed by atoms with E-state index in [1.54, 1.807) is 7.11 Å². The maximum Gasteiger partial charge on any atom is 0.191 e. The van der Waals surface area contributed by atoms with Crippen molar-refractivity contribution in [2.45, 2.75) is 26.8 Å². The molecule has 0 aromatic carbocycles. The number of nitrogens with one attached hydrogen (secondary N) is 2. The number of hydrogen-bond acceptors (Lipinski definition) is 5. The van der Waals surface area contributed by atoms with Crippen molar-refractivity contribution in [3.05, 3.63) is 23.9 Å². The third-order valence-corrected chi connectivity index (χ3v) is 4.54. The van der Waals surface area contributed by atoms with E-state index < -0.39 is 0 Å². The first kappa shape index (κ1) is 20.5. The molecular formula is C19H34N6O. The highest BCUT2D eigenvalue weighted by Crippen LogP contribution is 2.15. The van der Waals surface area contributed by atoms with Crippen LogP contribution >= 0.6 is 0 Å². The Hall–Kier alpha value is -1.86. The summed E-state index contributed by atoms with van der Waals surface area (Å²) in [5, 5.41) is 6.63. The Morgan fingerprint density at radius 2 is 2.04 bits per heavy atom. The summed E-state index contributed by atoms with van der Waals surface area (Å²) < 4.78 is 5.08. The number of hydrogen-bond donors (Lipinski definition) is 2. The lowest BCUT2D eigenvalue weighted by molar-refractivity contribution is 0.195. The number of nitrogens with zero attached hydrogens (tertiary/aromatic N) is 4. The first-order valence-corrected chi connectivity index (χ1v) is 9.70. The summed E-state index contributed by atoms with van der Waals surface area (Å²) >= 11 is 0. The highest BCUT2D eigenvalue weighted by atomic mass is 16.5. The van der Waals surface area contributed by atoms with Crippen molar-refractivity contribution in [2.75, 3.05) is 64.4 Å². The number of rotatable bonds is 9. The van der Waals surface area contributed by atoms with E-state index in [0.29, 0.717) is 6.54 Å². The van der Waals surface area contributed by atoms with Crippen LogP contribution in [0.4, 0.5) is 5.82 Å². The topological polar surface area (TPSA) is 65.0 Å². The Labute approximate surface area is 157 Å². The van der Waals surface area contributed by atoms with Gasteiger partial charge in [-0.05, 0) is 37.6 Å². The molecule has 2 rings (SSSR count). The van der Waals surface area contributed by atoms with Gasteiger partial charge in [-0.15, -0.1) is 0 Å². The minimum Gasteiger partial charge on any atom is -0.385 e. The van der Waals surface area contributed by atoms with Crippen molar-refractivity contribution in [3.8, 4) is 0 Å². The average Bonchev–Trinajstić information content (AvgIpc) is 2.69. The van der Waals surface area contributed by atoms with E-state index >= 15 is 0 Å². The number of pyridine rings is 1. The minimum atomic E-state index is 0.643. The smallest absolute Gasteiger partial charge is 0.191 e. The Morgan fingerprint density at radius 1 is 1.23 bits per heavy atom. The highest BCUT2D eigenvalue weighted by Gasteiger charge is 2.16. The maximum absolute atomic E-state index is 5.08. The number of piperazine rings is 1. The van der Waals surface area contributed by atoms with E-state index in [2.05, 4.69) is 45.3 Å². The lowest BCUT2D eigenvalue weighted by Gasteiger charge is -2.34. The van der Waals surface area contributed by atoms with E-state index in [-0.39, 0.29) is 0 Å². The lowest BCUT2D eigenvalue weighted by Crippen LogP contribution is -2.46. The van der Waals surface area contributed by atoms with Gasteiger partial charge in [-0.25, -0.2) is 9.98 Å². The van der Waals surface area contributed by atoms with Crippen molar-refractivity contribution in [1.29, 1.82) is 0 Å². The maximum atomic E-state index is 5.08. The van der Waals surface area contributed by atoms with Gasteiger partial charge in [0, 0.05) is 59.2 Å². The zero-order chi connectivity index (χ0) is 18.6. The summed E-state index contributed by atoms with van der Waals surface area (Å²) in [6.07, 6.45) is 2.86. The molecule has 2 N–H and O–H groups in total. The molecule has 0 atom stereocenters. The molecule has 1 aliphatic heterocycles. The predicted octanol–water partition coefficient (Wildman–Crippen LogP) is 1.32. The molecule has 1 aromatic heterocycles. The van der Waals surface area contributed by atoms with E-state index in [4.69, 9.17) is 9.73 Å². The monoisotopic (exact) mass is 362 g/mol. The molecule has 1 aliphatic rings. The summed E-state index contributed by atoms with van der Waals surface area (Å²) in [6.45, 7) is 12.8. The molecule has 0 aliphatic carbocycles. The number of aliphatic imine (C=N–C) groups is 1. The van der Waals surface area contributed by atoms with Gasteiger partial charge in [0.2, 0.25) is 0 Å². The first-order valence-electron chi connectivity index (χ1n) is 9.70.